The third kappa shape index (κ3) is 2.98. The molecule has 2 heterocycles. The van der Waals surface area contributed by atoms with E-state index in [9.17, 15) is 14.4 Å². The molecule has 8 heteroatoms. The quantitative estimate of drug-likeness (QED) is 0.799. The number of benzene rings is 1. The highest BCUT2D eigenvalue weighted by molar-refractivity contribution is 6.10. The van der Waals surface area contributed by atoms with Crippen molar-refractivity contribution in [3.63, 3.8) is 0 Å². The number of nitrogens with zero attached hydrogens (tertiary/aromatic N) is 3. The lowest BCUT2D eigenvalue weighted by Gasteiger charge is -2.25. The molecule has 2 aromatic rings. The van der Waals surface area contributed by atoms with Gasteiger partial charge >= 0.3 is 6.03 Å². The molecule has 1 unspecified atom stereocenters. The summed E-state index contributed by atoms with van der Waals surface area (Å²) in [5.41, 5.74) is -0.438. The molecule has 0 spiro atoms. The molecule has 1 fully saturated rings. The number of imide groups is 1. The number of hydrogen-bond acceptors (Lipinski definition) is 4. The van der Waals surface area contributed by atoms with E-state index in [2.05, 4.69) is 15.7 Å². The van der Waals surface area contributed by atoms with E-state index in [4.69, 9.17) is 0 Å². The maximum atomic E-state index is 12.9. The van der Waals surface area contributed by atoms with Crippen LogP contribution < -0.4 is 10.6 Å². The number of aryl methyl sites for hydroxylation is 1. The Morgan fingerprint density at radius 2 is 1.96 bits per heavy atom. The van der Waals surface area contributed by atoms with Gasteiger partial charge in [0.1, 0.15) is 12.1 Å². The van der Waals surface area contributed by atoms with E-state index in [1.807, 2.05) is 25.1 Å². The molecule has 1 atom stereocenters. The Bertz CT molecular complexity index is 817. The molecule has 0 radical (unpaired) electrons. The van der Waals surface area contributed by atoms with Gasteiger partial charge < -0.3 is 10.6 Å². The number of aromatic nitrogens is 2. The minimum absolute atomic E-state index is 0.365. The van der Waals surface area contributed by atoms with Gasteiger partial charge in [-0.05, 0) is 12.0 Å². The van der Waals surface area contributed by atoms with Crippen molar-refractivity contribution >= 4 is 23.7 Å². The number of anilines is 1. The van der Waals surface area contributed by atoms with Gasteiger partial charge in [-0.1, -0.05) is 37.3 Å². The van der Waals surface area contributed by atoms with Gasteiger partial charge in [0.15, 0.2) is 5.82 Å². The molecule has 3 rings (SSSR count). The summed E-state index contributed by atoms with van der Waals surface area (Å²) in [6.07, 6.45) is 2.07. The number of carbonyl (C=O) groups is 3. The van der Waals surface area contributed by atoms with Crippen LogP contribution in [-0.4, -0.2) is 39.1 Å². The smallest absolute Gasteiger partial charge is 0.319 e. The maximum absolute atomic E-state index is 12.9. The van der Waals surface area contributed by atoms with Crippen LogP contribution in [0.3, 0.4) is 0 Å². The molecular weight excluding hydrogens is 322 g/mol. The molecule has 4 amide bonds. The Labute approximate surface area is 144 Å². The summed E-state index contributed by atoms with van der Waals surface area (Å²) in [5.74, 6) is -0.547. The predicted octanol–water partition coefficient (Wildman–Crippen LogP) is 1.22. The summed E-state index contributed by atoms with van der Waals surface area (Å²) in [7, 11) is 1.72. The first-order valence-corrected chi connectivity index (χ1v) is 7.95. The number of carbonyl (C=O) groups excluding carboxylic acids is 3. The first kappa shape index (κ1) is 16.7. The fraction of sp³-hybridized carbons (Fsp3) is 0.294. The first-order chi connectivity index (χ1) is 12.0. The highest BCUT2D eigenvalue weighted by atomic mass is 16.2. The third-order valence-electron chi connectivity index (χ3n) is 4.26. The Morgan fingerprint density at radius 3 is 2.56 bits per heavy atom. The van der Waals surface area contributed by atoms with Gasteiger partial charge in [0.05, 0.1) is 0 Å². The van der Waals surface area contributed by atoms with Crippen LogP contribution in [0.25, 0.3) is 0 Å². The SMILES string of the molecule is CCC1(c2ccccc2)NC(=O)N(CC(=O)Nc2ccn(C)n2)C1=O. The van der Waals surface area contributed by atoms with Gasteiger partial charge in [-0.15, -0.1) is 0 Å². The Morgan fingerprint density at radius 1 is 1.24 bits per heavy atom. The molecule has 1 aliphatic heterocycles. The fourth-order valence-corrected chi connectivity index (χ4v) is 2.94. The van der Waals surface area contributed by atoms with Crippen molar-refractivity contribution in [1.82, 2.24) is 20.0 Å². The largest absolute Gasteiger partial charge is 0.325 e. The van der Waals surface area contributed by atoms with Gasteiger partial charge in [-0.25, -0.2) is 4.79 Å². The second-order valence-electron chi connectivity index (χ2n) is 5.87. The average molecular weight is 341 g/mol. The summed E-state index contributed by atoms with van der Waals surface area (Å²) in [6.45, 7) is 1.46. The molecule has 0 saturated carbocycles. The monoisotopic (exact) mass is 341 g/mol. The Kier molecular flexibility index (Phi) is 4.26. The molecular formula is C17H19N5O3. The minimum Gasteiger partial charge on any atom is -0.319 e. The molecule has 1 aliphatic rings. The van der Waals surface area contributed by atoms with Crippen molar-refractivity contribution in [3.05, 3.63) is 48.2 Å². The minimum atomic E-state index is -1.14. The van der Waals surface area contributed by atoms with E-state index >= 15 is 0 Å². The lowest BCUT2D eigenvalue weighted by molar-refractivity contribution is -0.134. The topological polar surface area (TPSA) is 96.3 Å². The molecule has 8 nitrogen and oxygen atoms in total. The average Bonchev–Trinajstić information content (AvgIpc) is 3.11. The zero-order valence-electron chi connectivity index (χ0n) is 14.0. The Hall–Kier alpha value is -3.16. The van der Waals surface area contributed by atoms with Crippen LogP contribution in [0.5, 0.6) is 0 Å². The molecule has 2 N–H and O–H groups in total. The van der Waals surface area contributed by atoms with Crippen molar-refractivity contribution < 1.29 is 14.4 Å². The zero-order valence-corrected chi connectivity index (χ0v) is 14.0. The van der Waals surface area contributed by atoms with Crippen molar-refractivity contribution in [3.8, 4) is 0 Å². The molecule has 1 aromatic carbocycles. The van der Waals surface area contributed by atoms with Crippen molar-refractivity contribution in [2.45, 2.75) is 18.9 Å². The van der Waals surface area contributed by atoms with Gasteiger partial charge in [0, 0.05) is 19.3 Å². The number of amides is 4. The van der Waals surface area contributed by atoms with Gasteiger partial charge in [0.2, 0.25) is 5.91 Å². The van der Waals surface area contributed by atoms with Crippen LogP contribution in [0, 0.1) is 0 Å². The lowest BCUT2D eigenvalue weighted by atomic mass is 9.87. The number of hydrogen-bond donors (Lipinski definition) is 2. The van der Waals surface area contributed by atoms with Crippen LogP contribution in [0.15, 0.2) is 42.6 Å². The van der Waals surface area contributed by atoms with Crippen LogP contribution in [0.4, 0.5) is 10.6 Å². The summed E-state index contributed by atoms with van der Waals surface area (Å²) >= 11 is 0. The third-order valence-corrected chi connectivity index (χ3v) is 4.26. The molecule has 25 heavy (non-hydrogen) atoms. The van der Waals surface area contributed by atoms with Gasteiger partial charge in [0.25, 0.3) is 5.91 Å². The van der Waals surface area contributed by atoms with E-state index in [1.54, 1.807) is 36.1 Å². The van der Waals surface area contributed by atoms with E-state index in [1.165, 1.54) is 0 Å². The molecule has 0 aliphatic carbocycles. The fourth-order valence-electron chi connectivity index (χ4n) is 2.94. The number of urea groups is 1. The summed E-state index contributed by atoms with van der Waals surface area (Å²) in [4.78, 5) is 38.3. The molecule has 130 valence electrons. The zero-order chi connectivity index (χ0) is 18.0. The first-order valence-electron chi connectivity index (χ1n) is 7.95. The summed E-state index contributed by atoms with van der Waals surface area (Å²) in [6, 6.07) is 10.1. The van der Waals surface area contributed by atoms with Crippen LogP contribution in [0.1, 0.15) is 18.9 Å². The molecule has 0 bridgehead atoms. The number of rotatable bonds is 5. The Balaban J connectivity index is 1.78. The highest BCUT2D eigenvalue weighted by Gasteiger charge is 2.51. The second kappa shape index (κ2) is 6.39. The highest BCUT2D eigenvalue weighted by Crippen LogP contribution is 2.32. The van der Waals surface area contributed by atoms with E-state index in [0.717, 1.165) is 4.90 Å². The van der Waals surface area contributed by atoms with Crippen molar-refractivity contribution in [2.75, 3.05) is 11.9 Å². The summed E-state index contributed by atoms with van der Waals surface area (Å²) < 4.78 is 1.54. The normalized spacial score (nSPS) is 19.8. The van der Waals surface area contributed by atoms with Crippen LogP contribution in [-0.2, 0) is 22.2 Å². The van der Waals surface area contributed by atoms with E-state index in [0.29, 0.717) is 17.8 Å². The number of nitrogens with one attached hydrogen (secondary N) is 2. The standard InChI is InChI=1S/C17H19N5O3/c1-3-17(12-7-5-4-6-8-12)15(24)22(16(25)19-17)11-14(23)18-13-9-10-21(2)20-13/h4-10H,3,11H2,1-2H3,(H,19,25)(H,18,20,23). The second-order valence-corrected chi connectivity index (χ2v) is 5.87. The van der Waals surface area contributed by atoms with Crippen LogP contribution >= 0.6 is 0 Å². The molecule has 1 saturated heterocycles. The van der Waals surface area contributed by atoms with Crippen molar-refractivity contribution in [2.24, 2.45) is 7.05 Å². The summed E-state index contributed by atoms with van der Waals surface area (Å²) in [5, 5.41) is 9.35. The van der Waals surface area contributed by atoms with Crippen molar-refractivity contribution in [1.29, 1.82) is 0 Å². The van der Waals surface area contributed by atoms with E-state index in [-0.39, 0.29) is 6.54 Å². The molecule has 1 aromatic heterocycles. The lowest BCUT2D eigenvalue weighted by Crippen LogP contribution is -2.44. The van der Waals surface area contributed by atoms with E-state index < -0.39 is 23.4 Å². The maximum Gasteiger partial charge on any atom is 0.325 e. The predicted molar refractivity (Wildman–Crippen MR) is 90.5 cm³/mol. The van der Waals surface area contributed by atoms with Crippen LogP contribution in [0.2, 0.25) is 0 Å². The van der Waals surface area contributed by atoms with Gasteiger partial charge in [-0.2, -0.15) is 5.10 Å². The van der Waals surface area contributed by atoms with Gasteiger partial charge in [-0.3, -0.25) is 19.2 Å².